The van der Waals surface area contributed by atoms with Crippen LogP contribution in [0.3, 0.4) is 0 Å². The van der Waals surface area contributed by atoms with Crippen molar-refractivity contribution < 1.29 is 49.0 Å². The van der Waals surface area contributed by atoms with Crippen LogP contribution in [0.5, 0.6) is 5.75 Å². The summed E-state index contributed by atoms with van der Waals surface area (Å²) < 4.78 is 124. The second-order valence-corrected chi connectivity index (χ2v) is 10.2. The fraction of sp³-hybridized carbons (Fsp3) is 0.226. The van der Waals surface area contributed by atoms with Gasteiger partial charge in [-0.15, -0.1) is 13.2 Å². The molecule has 0 aliphatic carbocycles. The van der Waals surface area contributed by atoms with Crippen molar-refractivity contribution in [2.75, 3.05) is 13.1 Å². The largest absolute Gasteiger partial charge is 0.573 e. The van der Waals surface area contributed by atoms with Crippen molar-refractivity contribution in [3.05, 3.63) is 107 Å². The number of hydrogen-bond acceptors (Lipinski definition) is 3. The highest BCUT2D eigenvalue weighted by molar-refractivity contribution is 5.98. The van der Waals surface area contributed by atoms with Gasteiger partial charge in [0.05, 0.1) is 11.1 Å². The quantitative estimate of drug-likeness (QED) is 0.208. The Kier molecular flexibility index (Phi) is 8.08. The molecule has 0 N–H and O–H groups in total. The van der Waals surface area contributed by atoms with Gasteiger partial charge >= 0.3 is 18.7 Å². The summed E-state index contributed by atoms with van der Waals surface area (Å²) in [5.74, 6) is -1.01. The minimum Gasteiger partial charge on any atom is -0.406 e. The van der Waals surface area contributed by atoms with Crippen LogP contribution in [0.15, 0.2) is 85.2 Å². The third-order valence-electron chi connectivity index (χ3n) is 7.20. The summed E-state index contributed by atoms with van der Waals surface area (Å²) in [6.45, 7) is 0.745. The Labute approximate surface area is 244 Å². The number of rotatable bonds is 5. The Morgan fingerprint density at radius 2 is 1.43 bits per heavy atom. The van der Waals surface area contributed by atoms with Gasteiger partial charge in [0.2, 0.25) is 0 Å². The van der Waals surface area contributed by atoms with Gasteiger partial charge in [-0.2, -0.15) is 26.3 Å². The number of ether oxygens (including phenoxy) is 1. The van der Waals surface area contributed by atoms with Gasteiger partial charge in [-0.1, -0.05) is 24.3 Å². The minimum absolute atomic E-state index is 0.00358. The fourth-order valence-electron chi connectivity index (χ4n) is 5.13. The number of hydrogen-bond donors (Lipinski definition) is 0. The van der Waals surface area contributed by atoms with E-state index in [9.17, 15) is 44.3 Å². The molecule has 5 rings (SSSR count). The number of alkyl halides is 9. The van der Waals surface area contributed by atoms with Crippen LogP contribution in [0.2, 0.25) is 0 Å². The molecule has 4 aromatic rings. The summed E-state index contributed by atoms with van der Waals surface area (Å²) in [6, 6.07) is 12.8. The van der Waals surface area contributed by atoms with Crippen LogP contribution in [-0.2, 0) is 12.4 Å². The topological polar surface area (TPSA) is 42.4 Å². The molecule has 13 heteroatoms. The summed E-state index contributed by atoms with van der Waals surface area (Å²) in [7, 11) is 0. The molecule has 230 valence electrons. The normalized spacial score (nSPS) is 15.8. The molecule has 1 unspecified atom stereocenters. The number of aromatic nitrogens is 1. The summed E-state index contributed by atoms with van der Waals surface area (Å²) in [6.07, 6.45) is -11.2. The van der Waals surface area contributed by atoms with Crippen LogP contribution in [0, 0.1) is 0 Å². The second kappa shape index (κ2) is 11.5. The third kappa shape index (κ3) is 6.98. The summed E-state index contributed by atoms with van der Waals surface area (Å²) in [5, 5.41) is 0. The average molecular weight is 625 g/mol. The molecule has 3 aromatic carbocycles. The van der Waals surface area contributed by atoms with Crippen molar-refractivity contribution in [1.29, 1.82) is 0 Å². The minimum atomic E-state index is -5.11. The predicted octanol–water partition coefficient (Wildman–Crippen LogP) is 8.98. The molecule has 1 aliphatic rings. The first-order chi connectivity index (χ1) is 20.6. The first-order valence-corrected chi connectivity index (χ1v) is 13.1. The van der Waals surface area contributed by atoms with Gasteiger partial charge in [-0.3, -0.25) is 9.78 Å². The van der Waals surface area contributed by atoms with E-state index in [1.807, 2.05) is 6.07 Å². The molecular weight excluding hydrogens is 603 g/mol. The van der Waals surface area contributed by atoms with E-state index in [0.717, 1.165) is 17.7 Å². The lowest BCUT2D eigenvalue weighted by atomic mass is 9.90. The van der Waals surface area contributed by atoms with Gasteiger partial charge in [-0.25, -0.2) is 0 Å². The van der Waals surface area contributed by atoms with Gasteiger partial charge in [-0.05, 0) is 82.8 Å². The number of carbonyl (C=O) groups is 1. The van der Waals surface area contributed by atoms with Gasteiger partial charge < -0.3 is 9.64 Å². The number of nitrogens with zero attached hydrogens (tertiary/aromatic N) is 2. The van der Waals surface area contributed by atoms with E-state index in [1.165, 1.54) is 30.3 Å². The highest BCUT2D eigenvalue weighted by Crippen LogP contribution is 2.42. The number of likely N-dealkylation sites (tertiary alicyclic amines) is 1. The molecule has 1 fully saturated rings. The van der Waals surface area contributed by atoms with E-state index >= 15 is 0 Å². The molecule has 1 atom stereocenters. The molecule has 0 bridgehead atoms. The molecule has 1 aromatic heterocycles. The van der Waals surface area contributed by atoms with Crippen LogP contribution in [-0.4, -0.2) is 35.2 Å². The summed E-state index contributed by atoms with van der Waals surface area (Å²) in [4.78, 5) is 19.2. The summed E-state index contributed by atoms with van der Waals surface area (Å²) >= 11 is 0. The maximum Gasteiger partial charge on any atom is 0.573 e. The lowest BCUT2D eigenvalue weighted by Crippen LogP contribution is -2.28. The zero-order valence-corrected chi connectivity index (χ0v) is 22.4. The number of benzene rings is 3. The number of amides is 1. The smallest absolute Gasteiger partial charge is 0.406 e. The maximum absolute atomic E-state index is 13.6. The molecule has 0 spiro atoms. The molecule has 0 saturated carbocycles. The molecule has 1 amide bonds. The van der Waals surface area contributed by atoms with Gasteiger partial charge in [0, 0.05) is 37.0 Å². The van der Waals surface area contributed by atoms with Gasteiger partial charge in [0.25, 0.3) is 5.91 Å². The maximum atomic E-state index is 13.6. The molecule has 4 nitrogen and oxygen atoms in total. The van der Waals surface area contributed by atoms with E-state index in [0.29, 0.717) is 31.6 Å². The highest BCUT2D eigenvalue weighted by atomic mass is 19.4. The number of pyridine rings is 1. The second-order valence-electron chi connectivity index (χ2n) is 10.2. The van der Waals surface area contributed by atoms with Gasteiger partial charge in [0.15, 0.2) is 0 Å². The highest BCUT2D eigenvalue weighted by Gasteiger charge is 2.37. The molecule has 44 heavy (non-hydrogen) atoms. The molecule has 1 saturated heterocycles. The number of carbonyl (C=O) groups excluding carboxylic acids is 1. The first-order valence-electron chi connectivity index (χ1n) is 13.1. The monoisotopic (exact) mass is 624 g/mol. The molecule has 1 aliphatic heterocycles. The first kappa shape index (κ1) is 30.9. The Balaban J connectivity index is 1.58. The lowest BCUT2D eigenvalue weighted by molar-refractivity contribution is -0.274. The van der Waals surface area contributed by atoms with Crippen molar-refractivity contribution in [1.82, 2.24) is 9.88 Å². The molecular formula is C31H21F9N2O2. The third-order valence-corrected chi connectivity index (χ3v) is 7.20. The fourth-order valence-corrected chi connectivity index (χ4v) is 5.13. The van der Waals surface area contributed by atoms with Crippen LogP contribution in [0.25, 0.3) is 22.3 Å². The van der Waals surface area contributed by atoms with E-state index < -0.39 is 47.1 Å². The Morgan fingerprint density at radius 3 is 2.00 bits per heavy atom. The van der Waals surface area contributed by atoms with Gasteiger partial charge in [0.1, 0.15) is 5.75 Å². The Hall–Kier alpha value is -4.55. The number of halogens is 9. The van der Waals surface area contributed by atoms with Crippen molar-refractivity contribution in [3.8, 4) is 28.0 Å². The van der Waals surface area contributed by atoms with Crippen LogP contribution >= 0.6 is 0 Å². The predicted molar refractivity (Wildman–Crippen MR) is 141 cm³/mol. The van der Waals surface area contributed by atoms with E-state index in [-0.39, 0.29) is 34.2 Å². The zero-order valence-electron chi connectivity index (χ0n) is 22.4. The Bertz CT molecular complexity index is 1620. The van der Waals surface area contributed by atoms with Crippen LogP contribution < -0.4 is 4.74 Å². The molecule has 2 heterocycles. The van der Waals surface area contributed by atoms with E-state index in [2.05, 4.69) is 9.72 Å². The van der Waals surface area contributed by atoms with E-state index in [1.54, 1.807) is 23.4 Å². The van der Waals surface area contributed by atoms with Crippen LogP contribution in [0.1, 0.15) is 39.4 Å². The lowest BCUT2D eigenvalue weighted by Gasteiger charge is -2.20. The van der Waals surface area contributed by atoms with E-state index in [4.69, 9.17) is 0 Å². The standard InChI is InChI=1S/C31H21F9N2O2/c32-29(33,34)23-12-22(13-24(15-23)30(35,36)37)26-8-5-19(14-27(26)18-3-6-25(7-4-18)44-31(38,39)40)28(43)42-11-9-21(17-42)20-2-1-10-41-16-20/h1-8,10,12-16,21H,9,11,17H2. The van der Waals surface area contributed by atoms with Crippen molar-refractivity contribution >= 4 is 5.91 Å². The Morgan fingerprint density at radius 1 is 0.773 bits per heavy atom. The molecule has 0 radical (unpaired) electrons. The average Bonchev–Trinajstić information content (AvgIpc) is 3.46. The van der Waals surface area contributed by atoms with Crippen molar-refractivity contribution in [2.24, 2.45) is 0 Å². The van der Waals surface area contributed by atoms with Crippen molar-refractivity contribution in [3.63, 3.8) is 0 Å². The summed E-state index contributed by atoms with van der Waals surface area (Å²) in [5.41, 5.74) is -2.44. The SMILES string of the molecule is O=C(c1ccc(-c2cc(C(F)(F)F)cc(C(F)(F)F)c2)c(-c2ccc(OC(F)(F)F)cc2)c1)N1CCC(c2cccnc2)C1. The zero-order chi connectivity index (χ0) is 31.9. The van der Waals surface area contributed by atoms with Crippen LogP contribution in [0.4, 0.5) is 39.5 Å². The van der Waals surface area contributed by atoms with Crippen molar-refractivity contribution in [2.45, 2.75) is 31.1 Å².